The minimum absolute atomic E-state index is 0.158. The summed E-state index contributed by atoms with van der Waals surface area (Å²) in [5.74, 6) is 0. The van der Waals surface area contributed by atoms with Crippen molar-refractivity contribution in [2.75, 3.05) is 11.9 Å². The van der Waals surface area contributed by atoms with Crippen molar-refractivity contribution in [3.63, 3.8) is 0 Å². The first-order valence-corrected chi connectivity index (χ1v) is 6.44. The van der Waals surface area contributed by atoms with Crippen molar-refractivity contribution in [1.29, 1.82) is 0 Å². The van der Waals surface area contributed by atoms with E-state index in [-0.39, 0.29) is 17.6 Å². The molecule has 2 nitrogen and oxygen atoms in total. The molecule has 1 aliphatic rings. The number of hydrogen-bond acceptors (Lipinski definition) is 2. The second-order valence-electron chi connectivity index (χ2n) is 5.16. The Morgan fingerprint density at radius 1 is 1.44 bits per heavy atom. The smallest absolute Gasteiger partial charge is 0.0664 e. The molecule has 2 rings (SSSR count). The lowest BCUT2D eigenvalue weighted by molar-refractivity contribution is 0.167. The first-order chi connectivity index (χ1) is 7.51. The van der Waals surface area contributed by atoms with Crippen molar-refractivity contribution < 1.29 is 5.11 Å². The molecule has 0 aliphatic heterocycles. The van der Waals surface area contributed by atoms with E-state index in [2.05, 4.69) is 35.1 Å². The molecule has 1 aliphatic carbocycles. The first kappa shape index (κ1) is 11.9. The Morgan fingerprint density at radius 2 is 2.06 bits per heavy atom. The van der Waals surface area contributed by atoms with E-state index < -0.39 is 0 Å². The minimum atomic E-state index is -0.239. The van der Waals surface area contributed by atoms with Gasteiger partial charge < -0.3 is 10.4 Å². The zero-order chi connectivity index (χ0) is 11.8. The van der Waals surface area contributed by atoms with E-state index in [0.717, 1.165) is 10.2 Å². The maximum absolute atomic E-state index is 9.64. The predicted molar refractivity (Wildman–Crippen MR) is 70.6 cm³/mol. The maximum atomic E-state index is 9.64. The summed E-state index contributed by atoms with van der Waals surface area (Å²) < 4.78 is 1.04. The monoisotopic (exact) mass is 283 g/mol. The summed E-state index contributed by atoms with van der Waals surface area (Å²) in [6.45, 7) is 4.48. The van der Waals surface area contributed by atoms with Crippen LogP contribution < -0.4 is 5.32 Å². The highest BCUT2D eigenvalue weighted by Crippen LogP contribution is 2.54. The molecule has 0 radical (unpaired) electrons. The van der Waals surface area contributed by atoms with Gasteiger partial charge in [0.25, 0.3) is 0 Å². The van der Waals surface area contributed by atoms with Gasteiger partial charge in [0.15, 0.2) is 0 Å². The van der Waals surface area contributed by atoms with Crippen LogP contribution in [0.5, 0.6) is 0 Å². The Balaban J connectivity index is 2.22. The quantitative estimate of drug-likeness (QED) is 0.888. The fourth-order valence-electron chi connectivity index (χ4n) is 1.98. The molecule has 1 saturated carbocycles. The summed E-state index contributed by atoms with van der Waals surface area (Å²) in [7, 11) is 0. The van der Waals surface area contributed by atoms with Gasteiger partial charge in [-0.1, -0.05) is 19.1 Å². The molecule has 88 valence electrons. The van der Waals surface area contributed by atoms with Crippen LogP contribution in [0.4, 0.5) is 5.69 Å². The number of halogens is 1. The summed E-state index contributed by atoms with van der Waals surface area (Å²) >= 11 is 3.52. The van der Waals surface area contributed by atoms with E-state index in [0.29, 0.717) is 0 Å². The number of aliphatic hydroxyl groups is 1. The second kappa shape index (κ2) is 4.04. The van der Waals surface area contributed by atoms with Crippen molar-refractivity contribution in [2.45, 2.75) is 32.2 Å². The van der Waals surface area contributed by atoms with E-state index in [1.807, 2.05) is 24.3 Å². The molecule has 2 N–H and O–H groups in total. The molecule has 0 saturated heterocycles. The Bertz CT molecular complexity index is 389. The summed E-state index contributed by atoms with van der Waals surface area (Å²) in [6, 6.07) is 8.03. The summed E-state index contributed by atoms with van der Waals surface area (Å²) in [5.41, 5.74) is 1.03. The highest BCUT2D eigenvalue weighted by atomic mass is 79.9. The Morgan fingerprint density at radius 3 is 2.56 bits per heavy atom. The molecular formula is C13H18BrNO. The van der Waals surface area contributed by atoms with Crippen molar-refractivity contribution in [1.82, 2.24) is 0 Å². The van der Waals surface area contributed by atoms with Gasteiger partial charge >= 0.3 is 0 Å². The molecular weight excluding hydrogens is 266 g/mol. The minimum Gasteiger partial charge on any atom is -0.394 e. The normalized spacial score (nSPS) is 21.2. The molecule has 0 spiro atoms. The van der Waals surface area contributed by atoms with Gasteiger partial charge in [0.05, 0.1) is 12.1 Å². The fourth-order valence-corrected chi connectivity index (χ4v) is 2.36. The first-order valence-electron chi connectivity index (χ1n) is 5.64. The molecule has 0 amide bonds. The fraction of sp³-hybridized carbons (Fsp3) is 0.538. The lowest BCUT2D eigenvalue weighted by atomic mass is 9.84. The van der Waals surface area contributed by atoms with E-state index in [1.54, 1.807) is 0 Å². The standard InChI is InChI=1S/C13H18BrNO/c1-12(7-8-12)13(2,9-16)15-11-6-4-3-5-10(11)14/h3-6,15-16H,7-9H2,1-2H3. The highest BCUT2D eigenvalue weighted by molar-refractivity contribution is 9.10. The molecule has 1 aromatic carbocycles. The number of benzene rings is 1. The van der Waals surface area contributed by atoms with Gasteiger partial charge in [0, 0.05) is 10.2 Å². The molecule has 16 heavy (non-hydrogen) atoms. The third-order valence-corrected chi connectivity index (χ3v) is 4.62. The van der Waals surface area contributed by atoms with E-state index in [9.17, 15) is 5.11 Å². The van der Waals surface area contributed by atoms with Gasteiger partial charge in [-0.2, -0.15) is 0 Å². The number of aliphatic hydroxyl groups excluding tert-OH is 1. The molecule has 0 bridgehead atoms. The van der Waals surface area contributed by atoms with Crippen LogP contribution in [0.25, 0.3) is 0 Å². The molecule has 1 atom stereocenters. The predicted octanol–water partition coefficient (Wildman–Crippen LogP) is 3.41. The Hall–Kier alpha value is -0.540. The molecule has 1 aromatic rings. The third kappa shape index (κ3) is 1.98. The lowest BCUT2D eigenvalue weighted by Crippen LogP contribution is -2.46. The lowest BCUT2D eigenvalue weighted by Gasteiger charge is -2.36. The van der Waals surface area contributed by atoms with Crippen molar-refractivity contribution in [3.8, 4) is 0 Å². The Kier molecular flexibility index (Phi) is 3.01. The van der Waals surface area contributed by atoms with Crippen LogP contribution in [0.1, 0.15) is 26.7 Å². The average molecular weight is 284 g/mol. The van der Waals surface area contributed by atoms with E-state index in [1.165, 1.54) is 12.8 Å². The summed E-state index contributed by atoms with van der Waals surface area (Å²) in [6.07, 6.45) is 2.36. The number of anilines is 1. The second-order valence-corrected chi connectivity index (χ2v) is 6.01. The third-order valence-electron chi connectivity index (χ3n) is 3.93. The molecule has 1 unspecified atom stereocenters. The van der Waals surface area contributed by atoms with Crippen LogP contribution in [0.2, 0.25) is 0 Å². The zero-order valence-corrected chi connectivity index (χ0v) is 11.3. The van der Waals surface area contributed by atoms with Crippen LogP contribution in [0.3, 0.4) is 0 Å². The van der Waals surface area contributed by atoms with Gasteiger partial charge in [0.2, 0.25) is 0 Å². The largest absolute Gasteiger partial charge is 0.394 e. The van der Waals surface area contributed by atoms with Crippen molar-refractivity contribution in [3.05, 3.63) is 28.7 Å². The number of rotatable bonds is 4. The summed E-state index contributed by atoms with van der Waals surface area (Å²) in [4.78, 5) is 0. The van der Waals surface area contributed by atoms with Gasteiger partial charge in [-0.05, 0) is 53.2 Å². The maximum Gasteiger partial charge on any atom is 0.0664 e. The molecule has 0 aromatic heterocycles. The zero-order valence-electron chi connectivity index (χ0n) is 9.76. The van der Waals surface area contributed by atoms with Gasteiger partial charge in [-0.15, -0.1) is 0 Å². The Labute approximate surface area is 105 Å². The van der Waals surface area contributed by atoms with Gasteiger partial charge in [-0.25, -0.2) is 0 Å². The van der Waals surface area contributed by atoms with E-state index in [4.69, 9.17) is 0 Å². The number of nitrogens with one attached hydrogen (secondary N) is 1. The highest BCUT2D eigenvalue weighted by Gasteiger charge is 2.52. The van der Waals surface area contributed by atoms with Crippen molar-refractivity contribution >= 4 is 21.6 Å². The molecule has 1 fully saturated rings. The van der Waals surface area contributed by atoms with Crippen molar-refractivity contribution in [2.24, 2.45) is 5.41 Å². The van der Waals surface area contributed by atoms with Gasteiger partial charge in [0.1, 0.15) is 0 Å². The SMILES string of the molecule is CC1(C(C)(CO)Nc2ccccc2Br)CC1. The van der Waals surface area contributed by atoms with Gasteiger partial charge in [-0.3, -0.25) is 0 Å². The summed E-state index contributed by atoms with van der Waals surface area (Å²) in [5, 5.41) is 13.1. The number of hydrogen-bond donors (Lipinski definition) is 2. The topological polar surface area (TPSA) is 32.3 Å². The van der Waals surface area contributed by atoms with Crippen LogP contribution in [0, 0.1) is 5.41 Å². The number of para-hydroxylation sites is 1. The molecule has 3 heteroatoms. The van der Waals surface area contributed by atoms with Crippen LogP contribution in [-0.2, 0) is 0 Å². The average Bonchev–Trinajstić information content (AvgIpc) is 3.01. The van der Waals surface area contributed by atoms with E-state index >= 15 is 0 Å². The van der Waals surface area contributed by atoms with Crippen LogP contribution in [-0.4, -0.2) is 17.3 Å². The molecule has 0 heterocycles. The van der Waals surface area contributed by atoms with Crippen LogP contribution in [0.15, 0.2) is 28.7 Å². The van der Waals surface area contributed by atoms with Crippen LogP contribution >= 0.6 is 15.9 Å².